The van der Waals surface area contributed by atoms with Gasteiger partial charge in [-0.25, -0.2) is 24.7 Å². The van der Waals surface area contributed by atoms with Gasteiger partial charge in [0.15, 0.2) is 0 Å². The van der Waals surface area contributed by atoms with Crippen LogP contribution in [0, 0.1) is 6.92 Å². The second kappa shape index (κ2) is 8.95. The normalized spacial score (nSPS) is 13.7. The van der Waals surface area contributed by atoms with Crippen LogP contribution in [0.15, 0.2) is 43.0 Å². The Balaban J connectivity index is 1.50. The lowest BCUT2D eigenvalue weighted by molar-refractivity contribution is 0.241. The molecule has 0 radical (unpaired) electrons. The fraction of sp³-hybridized carbons (Fsp3) is 0.318. The van der Waals surface area contributed by atoms with Crippen LogP contribution in [0.25, 0.3) is 11.3 Å². The Hall–Kier alpha value is -3.75. The number of aromatic nitrogens is 4. The summed E-state index contributed by atoms with van der Waals surface area (Å²) >= 11 is 0. The van der Waals surface area contributed by atoms with Gasteiger partial charge in [0.05, 0.1) is 17.9 Å². The quantitative estimate of drug-likeness (QED) is 0.655. The van der Waals surface area contributed by atoms with E-state index in [4.69, 9.17) is 4.74 Å². The van der Waals surface area contributed by atoms with Crippen molar-refractivity contribution in [3.8, 4) is 17.0 Å². The van der Waals surface area contributed by atoms with Crippen LogP contribution in [-0.4, -0.2) is 52.7 Å². The fourth-order valence-electron chi connectivity index (χ4n) is 3.51. The van der Waals surface area contributed by atoms with Gasteiger partial charge in [-0.15, -0.1) is 0 Å². The van der Waals surface area contributed by atoms with Crippen molar-refractivity contribution in [2.24, 2.45) is 0 Å². The van der Waals surface area contributed by atoms with E-state index in [-0.39, 0.29) is 11.9 Å². The minimum absolute atomic E-state index is 0.126. The van der Waals surface area contributed by atoms with Gasteiger partial charge in [-0.3, -0.25) is 4.90 Å². The van der Waals surface area contributed by atoms with Crippen LogP contribution in [-0.2, 0) is 0 Å². The Morgan fingerprint density at radius 2 is 2.03 bits per heavy atom. The highest BCUT2D eigenvalue weighted by molar-refractivity contribution is 5.94. The number of nitrogens with one attached hydrogen (secondary N) is 2. The smallest absolute Gasteiger partial charge is 0.321 e. The van der Waals surface area contributed by atoms with E-state index in [2.05, 4.69) is 37.5 Å². The highest BCUT2D eigenvalue weighted by Crippen LogP contribution is 2.38. The number of carbonyl (C=O) groups is 1. The van der Waals surface area contributed by atoms with Gasteiger partial charge in [0, 0.05) is 49.1 Å². The molecule has 0 spiro atoms. The van der Waals surface area contributed by atoms with Crippen LogP contribution in [0.3, 0.4) is 0 Å². The molecule has 0 aliphatic carbocycles. The maximum Gasteiger partial charge on any atom is 0.321 e. The largest absolute Gasteiger partial charge is 0.489 e. The first-order valence-corrected chi connectivity index (χ1v) is 10.2. The number of hydrogen-bond acceptors (Lipinski definition) is 7. The predicted octanol–water partition coefficient (Wildman–Crippen LogP) is 3.00. The predicted molar refractivity (Wildman–Crippen MR) is 118 cm³/mol. The summed E-state index contributed by atoms with van der Waals surface area (Å²) in [5.74, 6) is 2.32. The molecular weight excluding hydrogens is 394 g/mol. The molecule has 0 fully saturated rings. The zero-order valence-corrected chi connectivity index (χ0v) is 17.8. The number of rotatable bonds is 5. The third-order valence-electron chi connectivity index (χ3n) is 5.20. The zero-order valence-electron chi connectivity index (χ0n) is 17.8. The topological polar surface area (TPSA) is 105 Å². The monoisotopic (exact) mass is 419 g/mol. The molecule has 0 bridgehead atoms. The molecule has 2 amide bonds. The van der Waals surface area contributed by atoms with Crippen molar-refractivity contribution < 1.29 is 9.53 Å². The van der Waals surface area contributed by atoms with Gasteiger partial charge in [-0.05, 0) is 13.0 Å². The first-order chi connectivity index (χ1) is 15.1. The number of benzene rings is 1. The summed E-state index contributed by atoms with van der Waals surface area (Å²) in [4.78, 5) is 31.0. The summed E-state index contributed by atoms with van der Waals surface area (Å²) in [6, 6.07) is 7.64. The first kappa shape index (κ1) is 20.5. The standard InChI is InChI=1S/C22H25N7O2/c1-14(17-5-4-6-19-21(17)31-8-7-29(19)22(30)23-3)10-26-20-9-18(27-13-28-20)16-11-24-15(2)25-12-16/h4-6,9,11-14H,7-8,10H2,1-3H3,(H,23,30)(H,26,27,28)/t14-/m1/s1. The Kier molecular flexibility index (Phi) is 5.92. The number of ether oxygens (including phenoxy) is 1. The van der Waals surface area contributed by atoms with Crippen LogP contribution in [0.5, 0.6) is 5.75 Å². The van der Waals surface area contributed by atoms with Gasteiger partial charge in [0.2, 0.25) is 0 Å². The Labute approximate surface area is 180 Å². The van der Waals surface area contributed by atoms with E-state index >= 15 is 0 Å². The van der Waals surface area contributed by atoms with E-state index in [0.717, 1.165) is 34.1 Å². The van der Waals surface area contributed by atoms with Gasteiger partial charge >= 0.3 is 6.03 Å². The minimum Gasteiger partial charge on any atom is -0.489 e. The molecule has 0 saturated carbocycles. The lowest BCUT2D eigenvalue weighted by atomic mass is 9.98. The molecule has 3 heterocycles. The lowest BCUT2D eigenvalue weighted by Crippen LogP contribution is -2.43. The molecule has 0 unspecified atom stereocenters. The van der Waals surface area contributed by atoms with Crippen LogP contribution in [0.1, 0.15) is 24.2 Å². The zero-order chi connectivity index (χ0) is 21.8. The molecule has 2 N–H and O–H groups in total. The Bertz CT molecular complexity index is 1070. The van der Waals surface area contributed by atoms with Gasteiger partial charge in [0.25, 0.3) is 0 Å². The Morgan fingerprint density at radius 3 is 2.81 bits per heavy atom. The number of para-hydroxylation sites is 1. The number of aryl methyl sites for hydroxylation is 1. The van der Waals surface area contributed by atoms with Gasteiger partial charge < -0.3 is 15.4 Å². The van der Waals surface area contributed by atoms with Crippen molar-refractivity contribution in [1.82, 2.24) is 25.3 Å². The van der Waals surface area contributed by atoms with Crippen molar-refractivity contribution >= 4 is 17.5 Å². The van der Waals surface area contributed by atoms with Crippen molar-refractivity contribution in [2.45, 2.75) is 19.8 Å². The summed E-state index contributed by atoms with van der Waals surface area (Å²) in [5, 5.41) is 6.06. The molecular formula is C22H25N7O2. The molecule has 9 heteroatoms. The van der Waals surface area contributed by atoms with Crippen molar-refractivity contribution in [1.29, 1.82) is 0 Å². The van der Waals surface area contributed by atoms with E-state index < -0.39 is 0 Å². The van der Waals surface area contributed by atoms with Gasteiger partial charge in [-0.2, -0.15) is 0 Å². The summed E-state index contributed by atoms with van der Waals surface area (Å²) < 4.78 is 5.95. The molecule has 4 rings (SSSR count). The van der Waals surface area contributed by atoms with Gasteiger partial charge in [0.1, 0.15) is 30.3 Å². The Morgan fingerprint density at radius 1 is 1.23 bits per heavy atom. The van der Waals surface area contributed by atoms with Crippen molar-refractivity contribution in [2.75, 3.05) is 37.0 Å². The molecule has 0 saturated heterocycles. The van der Waals surface area contributed by atoms with Crippen molar-refractivity contribution in [3.05, 3.63) is 54.4 Å². The molecule has 2 aromatic heterocycles. The molecule has 1 atom stereocenters. The second-order valence-corrected chi connectivity index (χ2v) is 7.34. The van der Waals surface area contributed by atoms with E-state index in [1.54, 1.807) is 24.3 Å². The van der Waals surface area contributed by atoms with Crippen LogP contribution in [0.4, 0.5) is 16.3 Å². The minimum atomic E-state index is -0.138. The summed E-state index contributed by atoms with van der Waals surface area (Å²) in [5.41, 5.74) is 3.43. The summed E-state index contributed by atoms with van der Waals surface area (Å²) in [7, 11) is 1.63. The number of anilines is 2. The molecule has 1 aliphatic heterocycles. The molecule has 1 aliphatic rings. The third kappa shape index (κ3) is 4.40. The van der Waals surface area contributed by atoms with Crippen LogP contribution >= 0.6 is 0 Å². The molecule has 9 nitrogen and oxygen atoms in total. The number of hydrogen-bond donors (Lipinski definition) is 2. The number of nitrogens with zero attached hydrogens (tertiary/aromatic N) is 5. The van der Waals surface area contributed by atoms with Crippen molar-refractivity contribution in [3.63, 3.8) is 0 Å². The highest BCUT2D eigenvalue weighted by Gasteiger charge is 2.26. The maximum absolute atomic E-state index is 12.2. The molecule has 160 valence electrons. The number of carbonyl (C=O) groups excluding carboxylic acids is 1. The van der Waals surface area contributed by atoms with Crippen LogP contribution in [0.2, 0.25) is 0 Å². The van der Waals surface area contributed by atoms with E-state index in [1.807, 2.05) is 31.2 Å². The molecule has 31 heavy (non-hydrogen) atoms. The SMILES string of the molecule is CNC(=O)N1CCOc2c([C@H](C)CNc3cc(-c4cnc(C)nc4)ncn3)cccc21. The van der Waals surface area contributed by atoms with E-state index in [1.165, 1.54) is 6.33 Å². The van der Waals surface area contributed by atoms with E-state index in [0.29, 0.717) is 25.5 Å². The number of urea groups is 1. The number of fused-ring (bicyclic) bond motifs is 1. The highest BCUT2D eigenvalue weighted by atomic mass is 16.5. The summed E-state index contributed by atoms with van der Waals surface area (Å²) in [6.07, 6.45) is 5.03. The number of amides is 2. The second-order valence-electron chi connectivity index (χ2n) is 7.34. The average molecular weight is 419 g/mol. The van der Waals surface area contributed by atoms with Crippen LogP contribution < -0.4 is 20.3 Å². The summed E-state index contributed by atoms with van der Waals surface area (Å²) in [6.45, 7) is 5.58. The van der Waals surface area contributed by atoms with E-state index in [9.17, 15) is 4.79 Å². The molecule has 1 aromatic carbocycles. The third-order valence-corrected chi connectivity index (χ3v) is 5.20. The maximum atomic E-state index is 12.2. The molecule has 3 aromatic rings. The average Bonchev–Trinajstić information content (AvgIpc) is 2.82. The van der Waals surface area contributed by atoms with Gasteiger partial charge in [-0.1, -0.05) is 19.1 Å². The fourth-order valence-corrected chi connectivity index (χ4v) is 3.51. The lowest BCUT2D eigenvalue weighted by Gasteiger charge is -2.31. The first-order valence-electron chi connectivity index (χ1n) is 10.2.